The first-order valence-corrected chi connectivity index (χ1v) is 51.8. The summed E-state index contributed by atoms with van der Waals surface area (Å²) in [5.74, 6) is -2.82. The van der Waals surface area contributed by atoms with Crippen LogP contribution in [0.4, 0.5) is 4.39 Å². The minimum absolute atomic E-state index is 0. The van der Waals surface area contributed by atoms with Gasteiger partial charge in [-0.05, 0) is 145 Å². The van der Waals surface area contributed by atoms with Gasteiger partial charge < -0.3 is 161 Å². The van der Waals surface area contributed by atoms with Crippen LogP contribution in [-0.2, 0) is 109 Å². The first-order valence-electron chi connectivity index (χ1n) is 42.8. The third-order valence-corrected chi connectivity index (χ3v) is 24.6. The summed E-state index contributed by atoms with van der Waals surface area (Å²) in [4.78, 5) is 10.6. The average molecular weight is 1890 g/mol. The number of alkyl halides is 1. The van der Waals surface area contributed by atoms with E-state index in [1.807, 2.05) is 123 Å². The van der Waals surface area contributed by atoms with Gasteiger partial charge in [0.15, 0.2) is 70.5 Å². The fourth-order valence-corrected chi connectivity index (χ4v) is 19.5. The van der Waals surface area contributed by atoms with Gasteiger partial charge >= 0.3 is 73.2 Å². The standard InChI is InChI=1S/C14H26O4.C12H20O6.C12H22O6.C12H20O4S.C9H16O4S.C8H12O3S.C6H12O6.2C2H6.CH3F.3CH4.B.3Na.H2S.H/c1-7-10-12(18-14(5,6)16-10)9(2)11-8-15-13(3,4)17-11;1-11(2)14-5-6(16-11)7-8-9(10(13)15-7)18-12(3,4)17-8;1-11(2)15-6-8(17-11)9(14)10-7(5-13)16-12(3,4)18-10;1-11(2)13-5-7(14-11)10-9-8(6-17-10)15-12(3,4)16-9;1-9(2)12-6-4-14-8(5(11)3-10)7(6)13-9;1-8(2)10-5-4-12-6(3-9)7(5)11-8;7-1-2-3(8)4(9)5(10)6(11)12-2;3*1-2;;;;;;;;;/h9-12H,7-8H2,1-6H3;6-10,13H,5H2,1-4H3;7-10,13-14H,5-6H2,1-4H3;7-10H,5-6H2,1-4H3;5-8,10-11H,3-4H2,1-2H3;3,5-7H,4H2,1-2H3;2-11H,1H2;2*1-2H3;1H3;3*1H4;;;;;1H2;/q;;;;;;;;;;;;;;;;+1;;-1/t9-,10?,11?,12-;6?,7-,8-,9?,10?;7?,8?,9-,10+;7?,8?,9-,10-;5?,6?,7-,8-;5?,6-,7-;2?,3-,4-,5?,6?;;;;;;;;;;;;/m1110001............/s1/i;;;;;;;3*1D;;;;;;;;;. The molecule has 15 fully saturated rings. The van der Waals surface area contributed by atoms with Gasteiger partial charge in [0.05, 0.1) is 119 Å². The molecule has 0 aromatic rings. The van der Waals surface area contributed by atoms with Gasteiger partial charge in [0.25, 0.3) is 0 Å². The number of hydrogen-bond donors (Lipinski definition) is 10. The molecule has 0 saturated carbocycles. The summed E-state index contributed by atoms with van der Waals surface area (Å²) in [5.41, 5.74) is 0. The molecule has 0 spiro atoms. The molecule has 15 aliphatic heterocycles. The van der Waals surface area contributed by atoms with E-state index in [-0.39, 0.29) is 184 Å². The number of rotatable bonds is 12. The Kier molecular flexibility index (Phi) is 54.3. The number of aliphatic hydroxyl groups excluding tert-OH is 10. The first-order chi connectivity index (χ1) is 55.6. The van der Waals surface area contributed by atoms with Crippen molar-refractivity contribution in [1.29, 1.82) is 0 Å². The van der Waals surface area contributed by atoms with E-state index in [2.05, 4.69) is 18.6 Å². The first kappa shape index (κ1) is 122. The monoisotopic (exact) mass is 1890 g/mol. The van der Waals surface area contributed by atoms with Crippen LogP contribution >= 0.6 is 48.8 Å². The Morgan fingerprint density at radius 3 is 1.29 bits per heavy atom. The second-order valence-electron chi connectivity index (χ2n) is 34.2. The van der Waals surface area contributed by atoms with Gasteiger partial charge in [-0.25, -0.2) is 0 Å². The van der Waals surface area contributed by atoms with E-state index < -0.39 is 145 Å². The van der Waals surface area contributed by atoms with Gasteiger partial charge in [0.2, 0.25) is 0 Å². The number of hydrogen-bond acceptors (Lipinski definition) is 36. The van der Waals surface area contributed by atoms with Crippen LogP contribution in [-0.4, -0.2) is 407 Å². The second kappa shape index (κ2) is 54.8. The van der Waals surface area contributed by atoms with Crippen molar-refractivity contribution in [1.82, 2.24) is 0 Å². The number of carbonyl (C=O) groups excluding carboxylic acids is 1. The van der Waals surface area contributed by atoms with Crippen molar-refractivity contribution < 1.29 is 200 Å². The molecule has 15 rings (SSSR count). The fraction of sp³-hybridized carbons (Fsp3) is 0.988. The van der Waals surface area contributed by atoms with Crippen LogP contribution in [0.25, 0.3) is 0 Å². The molecule has 717 valence electrons. The molecule has 0 bridgehead atoms. The van der Waals surface area contributed by atoms with Gasteiger partial charge in [-0.15, -0.1) is 11.8 Å². The van der Waals surface area contributed by atoms with Crippen LogP contribution < -0.4 is 29.6 Å². The van der Waals surface area contributed by atoms with E-state index in [1.54, 1.807) is 65.1 Å². The van der Waals surface area contributed by atoms with Crippen LogP contribution in [0.1, 0.15) is 214 Å². The maximum atomic E-state index is 10.6. The molecule has 15 aliphatic rings. The Labute approximate surface area is 811 Å². The third kappa shape index (κ3) is 36.3. The summed E-state index contributed by atoms with van der Waals surface area (Å²) < 4.78 is 152. The molecule has 15 unspecified atom stereocenters. The average Bonchev–Trinajstić information content (AvgIpc) is 1.60. The SMILES string of the molecule is C.C.C.CC1(C)OC2CS[C@@H](C(O)CO)[C@H]2O1.CC1(C)OC2CS[C@@H](C=O)[C@H]2O1.CC1(C)OCC([C@@H](O)[C@H]2OC(C)(C)OC2CO)O1.CC1(C)OCC([C@@H]2SCC3OC(C)(C)O[C@@H]32)O1.CC1(C)OCC([C@H]2OC(O)C3OC(C)(C)O[C@@H]32)O1.CCC1OC(C)(C)O[C@@H]1[C@H](C)C1COC(C)(C)O1.OCC1OC(O)C(O)[C@H](O)[C@@H]1O.S.[2H]CC.[2H]CC.[2H]CF.[B].[H-].[Na+].[Na][Na]. The maximum absolute atomic E-state index is 10.6. The zero-order chi connectivity index (χ0) is 91.0. The summed E-state index contributed by atoms with van der Waals surface area (Å²) in [6.45, 7) is 47.6. The molecule has 29 atom stereocenters. The molecule has 42 heteroatoms. The second-order valence-corrected chi connectivity index (χ2v) is 37.8. The van der Waals surface area contributed by atoms with Crippen molar-refractivity contribution in [3.8, 4) is 0 Å². The van der Waals surface area contributed by atoms with Crippen molar-refractivity contribution >= 4 is 107 Å². The van der Waals surface area contributed by atoms with Crippen molar-refractivity contribution in [3.63, 3.8) is 0 Å². The topological polar surface area (TPSA) is 422 Å². The molecule has 123 heavy (non-hydrogen) atoms. The Bertz CT molecular complexity index is 2920. The predicted octanol–water partition coefficient (Wildman–Crippen LogP) is 3.07. The van der Waals surface area contributed by atoms with E-state index in [9.17, 15) is 29.6 Å². The van der Waals surface area contributed by atoms with E-state index in [0.29, 0.717) is 45.5 Å². The van der Waals surface area contributed by atoms with Gasteiger partial charge in [-0.2, -0.15) is 37.0 Å². The number of carbonyl (C=O) groups is 1. The molecule has 15 saturated heterocycles. The van der Waals surface area contributed by atoms with Crippen LogP contribution in [0.2, 0.25) is 0 Å². The zero-order valence-corrected chi connectivity index (χ0v) is 85.2. The molecule has 0 aromatic heterocycles. The Morgan fingerprint density at radius 2 is 0.837 bits per heavy atom. The van der Waals surface area contributed by atoms with Crippen LogP contribution in [0.3, 0.4) is 0 Å². The number of halogens is 1. The van der Waals surface area contributed by atoms with Crippen LogP contribution in [0.15, 0.2) is 0 Å². The minimum atomic E-state index is -1.57. The van der Waals surface area contributed by atoms with Crippen LogP contribution in [0.5, 0.6) is 0 Å². The predicted molar refractivity (Wildman–Crippen MR) is 469 cm³/mol. The summed E-state index contributed by atoms with van der Waals surface area (Å²) in [6.07, 6.45) is -9.96. The number of aliphatic hydroxyl groups is 10. The van der Waals surface area contributed by atoms with E-state index in [1.165, 1.54) is 43.6 Å². The normalized spacial score (nSPS) is 40.0. The number of fused-ring (bicyclic) bond motifs is 4. The summed E-state index contributed by atoms with van der Waals surface area (Å²) >= 11 is 7.99. The molecule has 10 N–H and O–H groups in total. The summed E-state index contributed by atoms with van der Waals surface area (Å²) in [5, 5.41) is 92.8. The molecule has 3 radical (unpaired) electrons. The molecule has 33 nitrogen and oxygen atoms in total. The van der Waals surface area contributed by atoms with E-state index >= 15 is 0 Å². The molecule has 0 aliphatic carbocycles. The molecular weight excluding hydrogens is 1730 g/mol. The van der Waals surface area contributed by atoms with E-state index in [0.717, 1.165) is 30.0 Å². The molecule has 0 aromatic carbocycles. The van der Waals surface area contributed by atoms with Gasteiger partial charge in [0.1, 0.15) is 97.8 Å². The third-order valence-electron chi connectivity index (χ3n) is 20.3. The van der Waals surface area contributed by atoms with Crippen molar-refractivity contribution in [2.75, 3.05) is 70.7 Å². The summed E-state index contributed by atoms with van der Waals surface area (Å²) in [6, 6.07) is 0. The van der Waals surface area contributed by atoms with Crippen molar-refractivity contribution in [2.24, 2.45) is 5.92 Å². The van der Waals surface area contributed by atoms with Gasteiger partial charge in [0, 0.05) is 34.3 Å². The molecule has 15 heterocycles. The number of thioether (sulfide) groups is 3. The Balaban J connectivity index is -0.00000138. The fourth-order valence-electron chi connectivity index (χ4n) is 15.5. The molecule has 0 amide bonds. The number of aldehydes is 1. The quantitative estimate of drug-likeness (QED) is 0.0991. The zero-order valence-electron chi connectivity index (χ0n) is 79.8. The Hall–Kier alpha value is 2.78. The summed E-state index contributed by atoms with van der Waals surface area (Å²) in [7, 11) is -1.00. The van der Waals surface area contributed by atoms with Crippen molar-refractivity contribution in [2.45, 2.75) is 435 Å². The number of ether oxygens (including phenoxy) is 22. The Morgan fingerprint density at radius 1 is 0.455 bits per heavy atom. The molecular formula is C81H158BFNa3O33S4. The van der Waals surface area contributed by atoms with Gasteiger partial charge in [-0.1, -0.05) is 63.8 Å². The van der Waals surface area contributed by atoms with Crippen LogP contribution in [0, 0.1) is 5.92 Å². The van der Waals surface area contributed by atoms with Crippen molar-refractivity contribution in [3.05, 3.63) is 0 Å². The van der Waals surface area contributed by atoms with E-state index in [4.69, 9.17) is 134 Å². The van der Waals surface area contributed by atoms with Gasteiger partial charge in [-0.3, -0.25) is 4.39 Å².